The van der Waals surface area contributed by atoms with E-state index in [0.717, 1.165) is 25.9 Å². The van der Waals surface area contributed by atoms with E-state index in [4.69, 9.17) is 0 Å². The van der Waals surface area contributed by atoms with E-state index in [1.165, 1.54) is 23.5 Å². The number of nitrogens with one attached hydrogen (secondary N) is 1. The summed E-state index contributed by atoms with van der Waals surface area (Å²) in [5.74, 6) is -1.23. The molecule has 1 amide bonds. The van der Waals surface area contributed by atoms with Crippen molar-refractivity contribution in [3.05, 3.63) is 51.2 Å². The van der Waals surface area contributed by atoms with Gasteiger partial charge in [-0.3, -0.25) is 14.2 Å². The van der Waals surface area contributed by atoms with Crippen molar-refractivity contribution < 1.29 is 14.3 Å². The maximum absolute atomic E-state index is 13.4. The van der Waals surface area contributed by atoms with Crippen LogP contribution in [0.5, 0.6) is 5.75 Å². The second kappa shape index (κ2) is 7.17. The van der Waals surface area contributed by atoms with Crippen LogP contribution in [-0.4, -0.2) is 33.7 Å². The van der Waals surface area contributed by atoms with Crippen molar-refractivity contribution in [2.45, 2.75) is 39.2 Å². The van der Waals surface area contributed by atoms with Gasteiger partial charge in [0.15, 0.2) is 5.69 Å². The smallest absolute Gasteiger partial charge is 0.297 e. The number of carbonyl (C=O) groups excluding carboxylic acids is 1. The minimum Gasteiger partial charge on any atom is -0.501 e. The van der Waals surface area contributed by atoms with E-state index in [1.807, 2.05) is 4.90 Å². The quantitative estimate of drug-likeness (QED) is 0.822. The number of aromatic hydroxyl groups is 1. The standard InChI is InChI=1S/C21H25FN4O3/c1-13-11-14(3-4-15(13)22)12-23-18(28)16-17(27)19(29)25(2)20(24-16)26-9-7-21(5-6-21)8-10-26/h3-4,11,27H,5-10,12H2,1-2H3,(H,23,28). The maximum Gasteiger partial charge on any atom is 0.297 e. The third-order valence-corrected chi connectivity index (χ3v) is 6.20. The third kappa shape index (κ3) is 3.71. The SMILES string of the molecule is Cc1cc(CNC(=O)c2nc(N3CCC4(CC3)CC4)n(C)c(=O)c2O)ccc1F. The molecule has 29 heavy (non-hydrogen) atoms. The highest BCUT2D eigenvalue weighted by Gasteiger charge is 2.45. The Labute approximate surface area is 168 Å². The first-order valence-electron chi connectivity index (χ1n) is 9.88. The third-order valence-electron chi connectivity index (χ3n) is 6.20. The predicted molar refractivity (Wildman–Crippen MR) is 107 cm³/mol. The lowest BCUT2D eigenvalue weighted by Crippen LogP contribution is -2.39. The molecule has 0 bridgehead atoms. The van der Waals surface area contributed by atoms with Gasteiger partial charge in [-0.1, -0.05) is 12.1 Å². The lowest BCUT2D eigenvalue weighted by Gasteiger charge is -2.33. The van der Waals surface area contributed by atoms with Gasteiger partial charge in [0.2, 0.25) is 11.7 Å². The molecule has 7 nitrogen and oxygen atoms in total. The van der Waals surface area contributed by atoms with Gasteiger partial charge in [-0.05, 0) is 55.2 Å². The zero-order valence-electron chi connectivity index (χ0n) is 16.7. The molecule has 1 aromatic carbocycles. The average Bonchev–Trinajstić information content (AvgIpc) is 3.47. The summed E-state index contributed by atoms with van der Waals surface area (Å²) in [7, 11) is 1.55. The van der Waals surface area contributed by atoms with Gasteiger partial charge in [-0.15, -0.1) is 0 Å². The summed E-state index contributed by atoms with van der Waals surface area (Å²) < 4.78 is 14.7. The van der Waals surface area contributed by atoms with Gasteiger partial charge in [0.25, 0.3) is 11.5 Å². The second-order valence-electron chi connectivity index (χ2n) is 8.23. The van der Waals surface area contributed by atoms with Crippen molar-refractivity contribution in [1.82, 2.24) is 14.9 Å². The minimum atomic E-state index is -0.667. The summed E-state index contributed by atoms with van der Waals surface area (Å²) in [6, 6.07) is 4.55. The molecule has 1 saturated carbocycles. The normalized spacial score (nSPS) is 17.4. The molecule has 0 atom stereocenters. The summed E-state index contributed by atoms with van der Waals surface area (Å²) in [6.07, 6.45) is 4.63. The van der Waals surface area contributed by atoms with E-state index in [-0.39, 0.29) is 18.1 Å². The Hall–Kier alpha value is -2.90. The number of piperidine rings is 1. The predicted octanol–water partition coefficient (Wildman–Crippen LogP) is 2.24. The van der Waals surface area contributed by atoms with Crippen molar-refractivity contribution in [3.8, 4) is 5.75 Å². The number of amides is 1. The first-order valence-corrected chi connectivity index (χ1v) is 9.88. The Morgan fingerprint density at radius 3 is 2.59 bits per heavy atom. The van der Waals surface area contributed by atoms with E-state index in [2.05, 4.69) is 10.3 Å². The number of rotatable bonds is 4. The van der Waals surface area contributed by atoms with E-state index in [0.29, 0.717) is 22.5 Å². The Morgan fingerprint density at radius 2 is 1.97 bits per heavy atom. The van der Waals surface area contributed by atoms with Crippen molar-refractivity contribution in [2.24, 2.45) is 12.5 Å². The first kappa shape index (κ1) is 19.4. The molecular weight excluding hydrogens is 375 g/mol. The summed E-state index contributed by atoms with van der Waals surface area (Å²) in [5, 5.41) is 12.9. The fourth-order valence-electron chi connectivity index (χ4n) is 3.96. The van der Waals surface area contributed by atoms with Crippen LogP contribution < -0.4 is 15.8 Å². The molecular formula is C21H25FN4O3. The van der Waals surface area contributed by atoms with E-state index >= 15 is 0 Å². The highest BCUT2D eigenvalue weighted by Crippen LogP contribution is 2.53. The number of aromatic nitrogens is 2. The zero-order valence-corrected chi connectivity index (χ0v) is 16.7. The molecule has 8 heteroatoms. The van der Waals surface area contributed by atoms with E-state index in [9.17, 15) is 19.1 Å². The molecule has 1 saturated heterocycles. The van der Waals surface area contributed by atoms with Crippen molar-refractivity contribution in [2.75, 3.05) is 18.0 Å². The van der Waals surface area contributed by atoms with Gasteiger partial charge in [0.05, 0.1) is 0 Å². The summed E-state index contributed by atoms with van der Waals surface area (Å²) >= 11 is 0. The molecule has 1 spiro atoms. The van der Waals surface area contributed by atoms with Crippen LogP contribution in [0.4, 0.5) is 10.3 Å². The molecule has 2 aliphatic rings. The molecule has 2 heterocycles. The number of benzene rings is 1. The highest BCUT2D eigenvalue weighted by atomic mass is 19.1. The van der Waals surface area contributed by atoms with Gasteiger partial charge < -0.3 is 15.3 Å². The number of halogens is 1. The van der Waals surface area contributed by atoms with Crippen LogP contribution in [0.25, 0.3) is 0 Å². The second-order valence-corrected chi connectivity index (χ2v) is 8.23. The number of anilines is 1. The lowest BCUT2D eigenvalue weighted by atomic mass is 9.94. The molecule has 1 aliphatic heterocycles. The lowest BCUT2D eigenvalue weighted by molar-refractivity contribution is 0.0942. The molecule has 2 fully saturated rings. The molecule has 0 radical (unpaired) electrons. The summed E-state index contributed by atoms with van der Waals surface area (Å²) in [4.78, 5) is 31.4. The Balaban J connectivity index is 1.54. The first-order chi connectivity index (χ1) is 13.8. The zero-order chi connectivity index (χ0) is 20.8. The van der Waals surface area contributed by atoms with Crippen molar-refractivity contribution in [1.29, 1.82) is 0 Å². The van der Waals surface area contributed by atoms with E-state index < -0.39 is 17.2 Å². The number of nitrogens with zero attached hydrogens (tertiary/aromatic N) is 3. The molecule has 0 unspecified atom stereocenters. The fraction of sp³-hybridized carbons (Fsp3) is 0.476. The monoisotopic (exact) mass is 400 g/mol. The van der Waals surface area contributed by atoms with Gasteiger partial charge in [-0.25, -0.2) is 9.37 Å². The number of hydrogen-bond acceptors (Lipinski definition) is 5. The van der Waals surface area contributed by atoms with Gasteiger partial charge in [0.1, 0.15) is 5.82 Å². The Bertz CT molecular complexity index is 1020. The topological polar surface area (TPSA) is 87.5 Å². The fourth-order valence-corrected chi connectivity index (χ4v) is 3.96. The van der Waals surface area contributed by atoms with Crippen LogP contribution >= 0.6 is 0 Å². The van der Waals surface area contributed by atoms with Crippen molar-refractivity contribution >= 4 is 11.9 Å². The molecule has 4 rings (SSSR count). The molecule has 154 valence electrons. The molecule has 2 aromatic rings. The van der Waals surface area contributed by atoms with Gasteiger partial charge in [-0.2, -0.15) is 0 Å². The summed E-state index contributed by atoms with van der Waals surface area (Å²) in [5.41, 5.74) is 0.733. The van der Waals surface area contributed by atoms with Crippen LogP contribution in [0.2, 0.25) is 0 Å². The number of aryl methyl sites for hydroxylation is 1. The Morgan fingerprint density at radius 1 is 1.28 bits per heavy atom. The van der Waals surface area contributed by atoms with Gasteiger partial charge >= 0.3 is 0 Å². The van der Waals surface area contributed by atoms with E-state index in [1.54, 1.807) is 26.1 Å². The van der Waals surface area contributed by atoms with Gasteiger partial charge in [0, 0.05) is 26.7 Å². The molecule has 2 N–H and O–H groups in total. The highest BCUT2D eigenvalue weighted by molar-refractivity contribution is 5.95. The average molecular weight is 400 g/mol. The Kier molecular flexibility index (Phi) is 4.80. The minimum absolute atomic E-state index is 0.137. The maximum atomic E-state index is 13.4. The van der Waals surface area contributed by atoms with Crippen LogP contribution in [0.1, 0.15) is 47.3 Å². The summed E-state index contributed by atoms with van der Waals surface area (Å²) in [6.45, 7) is 3.34. The number of hydrogen-bond donors (Lipinski definition) is 2. The largest absolute Gasteiger partial charge is 0.501 e. The molecule has 1 aliphatic carbocycles. The van der Waals surface area contributed by atoms with Crippen LogP contribution in [0.3, 0.4) is 0 Å². The van der Waals surface area contributed by atoms with Crippen LogP contribution in [0.15, 0.2) is 23.0 Å². The number of carbonyl (C=O) groups is 1. The molecule has 1 aromatic heterocycles. The van der Waals surface area contributed by atoms with Crippen molar-refractivity contribution in [3.63, 3.8) is 0 Å². The van der Waals surface area contributed by atoms with Crippen LogP contribution in [0, 0.1) is 18.2 Å². The van der Waals surface area contributed by atoms with Crippen LogP contribution in [-0.2, 0) is 13.6 Å².